The largest absolute Gasteiger partial charge is 0.418 e. The third-order valence-electron chi connectivity index (χ3n) is 3.01. The Morgan fingerprint density at radius 2 is 1.81 bits per heavy atom. The second-order valence-electron chi connectivity index (χ2n) is 5.74. The molecule has 21 heavy (non-hydrogen) atoms. The molecule has 0 saturated heterocycles. The van der Waals surface area contributed by atoms with Crippen molar-refractivity contribution >= 4 is 11.7 Å². The molecule has 4 nitrogen and oxygen atoms in total. The van der Waals surface area contributed by atoms with E-state index in [1.54, 1.807) is 20.8 Å². The third kappa shape index (κ3) is 4.93. The summed E-state index contributed by atoms with van der Waals surface area (Å²) in [6.07, 6.45) is -4.55. The van der Waals surface area contributed by atoms with Crippen molar-refractivity contribution in [1.82, 2.24) is 5.32 Å². The second kappa shape index (κ2) is 6.34. The Bertz CT molecular complexity index is 496. The summed E-state index contributed by atoms with van der Waals surface area (Å²) < 4.78 is 38.4. The van der Waals surface area contributed by atoms with Crippen LogP contribution in [0.3, 0.4) is 0 Å². The van der Waals surface area contributed by atoms with Crippen LogP contribution >= 0.6 is 0 Å². The molecule has 0 aliphatic carbocycles. The molecule has 1 unspecified atom stereocenters. The van der Waals surface area contributed by atoms with Crippen LogP contribution in [0.1, 0.15) is 26.3 Å². The zero-order valence-electron chi connectivity index (χ0n) is 12.1. The number of hydrogen-bond acceptors (Lipinski definition) is 2. The van der Waals surface area contributed by atoms with Gasteiger partial charge in [-0.25, -0.2) is 4.79 Å². The van der Waals surface area contributed by atoms with Gasteiger partial charge in [0.1, 0.15) is 0 Å². The number of alkyl halides is 3. The average molecular weight is 304 g/mol. The molecule has 7 heteroatoms. The number of para-hydroxylation sites is 1. The topological polar surface area (TPSA) is 61.4 Å². The van der Waals surface area contributed by atoms with Crippen LogP contribution in [0.25, 0.3) is 0 Å². The van der Waals surface area contributed by atoms with Gasteiger partial charge in [0.2, 0.25) is 0 Å². The fraction of sp³-hybridized carbons (Fsp3) is 0.500. The first-order valence-electron chi connectivity index (χ1n) is 6.40. The summed E-state index contributed by atoms with van der Waals surface area (Å²) in [5, 5.41) is 13.9. The smallest absolute Gasteiger partial charge is 0.394 e. The van der Waals surface area contributed by atoms with Crippen LogP contribution in [-0.4, -0.2) is 23.8 Å². The summed E-state index contributed by atoms with van der Waals surface area (Å²) in [4.78, 5) is 11.8. The highest BCUT2D eigenvalue weighted by atomic mass is 19.4. The van der Waals surface area contributed by atoms with E-state index in [2.05, 4.69) is 10.6 Å². The summed E-state index contributed by atoms with van der Waals surface area (Å²) in [6.45, 7) is 5.10. The van der Waals surface area contributed by atoms with Gasteiger partial charge in [-0.1, -0.05) is 32.9 Å². The molecule has 0 radical (unpaired) electrons. The molecular formula is C14H19F3N2O2. The van der Waals surface area contributed by atoms with E-state index in [0.29, 0.717) is 0 Å². The summed E-state index contributed by atoms with van der Waals surface area (Å²) >= 11 is 0. The molecule has 118 valence electrons. The van der Waals surface area contributed by atoms with Crippen molar-refractivity contribution in [3.63, 3.8) is 0 Å². The van der Waals surface area contributed by atoms with Crippen LogP contribution in [0, 0.1) is 5.41 Å². The van der Waals surface area contributed by atoms with Crippen LogP contribution in [-0.2, 0) is 6.18 Å². The quantitative estimate of drug-likeness (QED) is 0.803. The first-order valence-corrected chi connectivity index (χ1v) is 6.40. The number of nitrogens with one attached hydrogen (secondary N) is 2. The number of urea groups is 1. The first kappa shape index (κ1) is 17.3. The zero-order valence-corrected chi connectivity index (χ0v) is 12.1. The molecule has 2 amide bonds. The van der Waals surface area contributed by atoms with Crippen LogP contribution in [0.15, 0.2) is 24.3 Å². The van der Waals surface area contributed by atoms with Crippen LogP contribution in [0.4, 0.5) is 23.7 Å². The third-order valence-corrected chi connectivity index (χ3v) is 3.01. The molecule has 1 aromatic rings. The molecule has 0 heterocycles. The summed E-state index contributed by atoms with van der Waals surface area (Å²) in [5.41, 5.74) is -1.67. The minimum Gasteiger partial charge on any atom is -0.394 e. The van der Waals surface area contributed by atoms with E-state index in [-0.39, 0.29) is 12.3 Å². The van der Waals surface area contributed by atoms with E-state index in [1.807, 2.05) is 0 Å². The number of anilines is 1. The highest BCUT2D eigenvalue weighted by Crippen LogP contribution is 2.34. The number of carbonyl (C=O) groups is 1. The summed E-state index contributed by atoms with van der Waals surface area (Å²) in [6, 6.07) is 3.35. The lowest BCUT2D eigenvalue weighted by Gasteiger charge is -2.30. The van der Waals surface area contributed by atoms with Crippen LogP contribution < -0.4 is 10.6 Å². The SMILES string of the molecule is CC(C)(C)C(CO)NC(=O)Nc1ccccc1C(F)(F)F. The number of aliphatic hydroxyl groups is 1. The first-order chi connectivity index (χ1) is 9.55. The van der Waals surface area contributed by atoms with Crippen molar-refractivity contribution in [3.8, 4) is 0 Å². The molecule has 0 fully saturated rings. The Hall–Kier alpha value is -1.76. The van der Waals surface area contributed by atoms with Crippen molar-refractivity contribution in [2.45, 2.75) is 33.0 Å². The van der Waals surface area contributed by atoms with E-state index in [4.69, 9.17) is 0 Å². The van der Waals surface area contributed by atoms with Crippen molar-refractivity contribution in [1.29, 1.82) is 0 Å². The summed E-state index contributed by atoms with van der Waals surface area (Å²) in [5.74, 6) is 0. The number of halogens is 3. The predicted octanol–water partition coefficient (Wildman–Crippen LogP) is 3.23. The maximum absolute atomic E-state index is 12.8. The van der Waals surface area contributed by atoms with Crippen molar-refractivity contribution < 1.29 is 23.1 Å². The van der Waals surface area contributed by atoms with Gasteiger partial charge in [-0.05, 0) is 17.5 Å². The Labute approximate surface area is 121 Å². The van der Waals surface area contributed by atoms with Crippen molar-refractivity contribution in [2.75, 3.05) is 11.9 Å². The lowest BCUT2D eigenvalue weighted by Crippen LogP contribution is -2.47. The minimum absolute atomic E-state index is 0.308. The van der Waals surface area contributed by atoms with Gasteiger partial charge in [-0.2, -0.15) is 13.2 Å². The lowest BCUT2D eigenvalue weighted by atomic mass is 9.87. The fourth-order valence-electron chi connectivity index (χ4n) is 1.69. The average Bonchev–Trinajstić information content (AvgIpc) is 2.34. The molecule has 1 atom stereocenters. The van der Waals surface area contributed by atoms with Crippen molar-refractivity contribution in [2.24, 2.45) is 5.41 Å². The minimum atomic E-state index is -4.55. The maximum Gasteiger partial charge on any atom is 0.418 e. The molecule has 0 bridgehead atoms. The van der Waals surface area contributed by atoms with Crippen LogP contribution in [0.2, 0.25) is 0 Å². The number of aliphatic hydroxyl groups excluding tert-OH is 1. The number of hydrogen-bond donors (Lipinski definition) is 3. The molecule has 0 aliphatic heterocycles. The summed E-state index contributed by atoms with van der Waals surface area (Å²) in [7, 11) is 0. The lowest BCUT2D eigenvalue weighted by molar-refractivity contribution is -0.136. The van der Waals surface area contributed by atoms with E-state index in [0.717, 1.165) is 6.07 Å². The molecule has 0 saturated carbocycles. The van der Waals surface area contributed by atoms with E-state index in [1.165, 1.54) is 18.2 Å². The highest BCUT2D eigenvalue weighted by molar-refractivity contribution is 5.90. The fourth-order valence-corrected chi connectivity index (χ4v) is 1.69. The molecule has 0 spiro atoms. The van der Waals surface area contributed by atoms with E-state index < -0.39 is 29.2 Å². The van der Waals surface area contributed by atoms with Gasteiger partial charge in [0, 0.05) is 0 Å². The van der Waals surface area contributed by atoms with Gasteiger partial charge in [0.15, 0.2) is 0 Å². The van der Waals surface area contributed by atoms with Gasteiger partial charge in [-0.15, -0.1) is 0 Å². The molecule has 0 aliphatic rings. The molecule has 3 N–H and O–H groups in total. The Morgan fingerprint density at radius 1 is 1.24 bits per heavy atom. The Morgan fingerprint density at radius 3 is 2.29 bits per heavy atom. The molecule has 0 aromatic heterocycles. The Balaban J connectivity index is 2.85. The maximum atomic E-state index is 12.8. The number of amides is 2. The normalized spacial score (nSPS) is 13.7. The molecule has 1 rings (SSSR count). The van der Waals surface area contributed by atoms with E-state index >= 15 is 0 Å². The van der Waals surface area contributed by atoms with Gasteiger partial charge < -0.3 is 15.7 Å². The highest BCUT2D eigenvalue weighted by Gasteiger charge is 2.34. The number of rotatable bonds is 3. The van der Waals surface area contributed by atoms with E-state index in [9.17, 15) is 23.1 Å². The number of carbonyl (C=O) groups excluding carboxylic acids is 1. The van der Waals surface area contributed by atoms with Gasteiger partial charge >= 0.3 is 12.2 Å². The van der Waals surface area contributed by atoms with Gasteiger partial charge in [0.25, 0.3) is 0 Å². The monoisotopic (exact) mass is 304 g/mol. The standard InChI is InChI=1S/C14H19F3N2O2/c1-13(2,3)11(8-20)19-12(21)18-10-7-5-4-6-9(10)14(15,16)17/h4-7,11,20H,8H2,1-3H3,(H2,18,19,21). The van der Waals surface area contributed by atoms with Crippen molar-refractivity contribution in [3.05, 3.63) is 29.8 Å². The van der Waals surface area contributed by atoms with Crippen LogP contribution in [0.5, 0.6) is 0 Å². The molecular weight excluding hydrogens is 285 g/mol. The zero-order chi connectivity index (χ0) is 16.3. The Kier molecular flexibility index (Phi) is 5.22. The van der Waals surface area contributed by atoms with Gasteiger partial charge in [-0.3, -0.25) is 0 Å². The predicted molar refractivity (Wildman–Crippen MR) is 73.9 cm³/mol. The molecule has 1 aromatic carbocycles. The second-order valence-corrected chi connectivity index (χ2v) is 5.74. The number of benzene rings is 1. The van der Waals surface area contributed by atoms with Gasteiger partial charge in [0.05, 0.1) is 23.9 Å².